The summed E-state index contributed by atoms with van der Waals surface area (Å²) in [5.41, 5.74) is 5.19. The highest BCUT2D eigenvalue weighted by Gasteiger charge is 2.25. The molecule has 1 atom stereocenters. The predicted octanol–water partition coefficient (Wildman–Crippen LogP) is -0.448. The van der Waals surface area contributed by atoms with Crippen LogP contribution in [0.3, 0.4) is 0 Å². The Hall–Kier alpha value is -0.200. The molecule has 6 heteroatoms. The van der Waals surface area contributed by atoms with Crippen LogP contribution in [0.25, 0.3) is 0 Å². The fourth-order valence-electron chi connectivity index (χ4n) is 0.463. The predicted molar refractivity (Wildman–Crippen MR) is 48.9 cm³/mol. The van der Waals surface area contributed by atoms with E-state index in [-0.39, 0.29) is 4.99 Å². The molecule has 0 aliphatic heterocycles. The average molecular weight is 196 g/mol. The molecule has 66 valence electrons. The van der Waals surface area contributed by atoms with E-state index in [2.05, 4.69) is 12.2 Å². The van der Waals surface area contributed by atoms with Crippen LogP contribution in [-0.2, 0) is 10.0 Å². The molecule has 0 amide bonds. The van der Waals surface area contributed by atoms with E-state index in [9.17, 15) is 8.42 Å². The van der Waals surface area contributed by atoms with Gasteiger partial charge in [-0.2, -0.15) is 0 Å². The molecule has 0 rings (SSSR count). The molecule has 0 aliphatic rings. The smallest absolute Gasteiger partial charge is 0.222 e. The second kappa shape index (κ2) is 3.46. The lowest BCUT2D eigenvalue weighted by Gasteiger charge is -2.16. The molecule has 1 unspecified atom stereocenters. The Morgan fingerprint density at radius 3 is 2.00 bits per heavy atom. The minimum Gasteiger partial charge on any atom is -0.392 e. The molecule has 4 nitrogen and oxygen atoms in total. The van der Waals surface area contributed by atoms with Gasteiger partial charge in [0.25, 0.3) is 0 Å². The van der Waals surface area contributed by atoms with Crippen molar-refractivity contribution in [3.63, 3.8) is 0 Å². The summed E-state index contributed by atoms with van der Waals surface area (Å²) in [6.07, 6.45) is 0. The van der Waals surface area contributed by atoms with Gasteiger partial charge in [-0.3, -0.25) is 0 Å². The zero-order valence-corrected chi connectivity index (χ0v) is 8.37. The summed E-state index contributed by atoms with van der Waals surface area (Å²) in [7, 11) is -0.412. The van der Waals surface area contributed by atoms with Gasteiger partial charge in [-0.25, -0.2) is 12.7 Å². The van der Waals surface area contributed by atoms with Gasteiger partial charge in [-0.05, 0) is 6.92 Å². The molecule has 0 aromatic carbocycles. The van der Waals surface area contributed by atoms with Crippen LogP contribution in [0, 0.1) is 0 Å². The van der Waals surface area contributed by atoms with Crippen LogP contribution in [0.5, 0.6) is 0 Å². The first-order chi connectivity index (χ1) is 4.80. The van der Waals surface area contributed by atoms with E-state index in [0.717, 1.165) is 4.31 Å². The van der Waals surface area contributed by atoms with E-state index in [4.69, 9.17) is 5.73 Å². The first kappa shape index (κ1) is 10.8. The van der Waals surface area contributed by atoms with Gasteiger partial charge in [0.05, 0.1) is 4.99 Å². The summed E-state index contributed by atoms with van der Waals surface area (Å²) in [6, 6.07) is 0. The first-order valence-corrected chi connectivity index (χ1v) is 4.92. The van der Waals surface area contributed by atoms with Crippen molar-refractivity contribution in [2.75, 3.05) is 14.1 Å². The SMILES string of the molecule is CC(C(N)=S)S(=O)(=O)N(C)C. The topological polar surface area (TPSA) is 63.4 Å². The molecule has 0 heterocycles. The number of thiocarbonyl (C=S) groups is 1. The van der Waals surface area contributed by atoms with Crippen molar-refractivity contribution in [1.82, 2.24) is 4.31 Å². The van der Waals surface area contributed by atoms with E-state index >= 15 is 0 Å². The van der Waals surface area contributed by atoms with Crippen LogP contribution in [0.4, 0.5) is 0 Å². The molecule has 0 spiro atoms. The Morgan fingerprint density at radius 1 is 1.55 bits per heavy atom. The second-order valence-electron chi connectivity index (χ2n) is 2.37. The average Bonchev–Trinajstić information content (AvgIpc) is 1.85. The lowest BCUT2D eigenvalue weighted by atomic mass is 10.5. The van der Waals surface area contributed by atoms with Crippen molar-refractivity contribution < 1.29 is 8.42 Å². The van der Waals surface area contributed by atoms with Crippen molar-refractivity contribution in [1.29, 1.82) is 0 Å². The van der Waals surface area contributed by atoms with Crippen LogP contribution in [0.2, 0.25) is 0 Å². The molecular formula is C5H12N2O2S2. The zero-order chi connectivity index (χ0) is 9.23. The number of nitrogens with two attached hydrogens (primary N) is 1. The van der Waals surface area contributed by atoms with Crippen LogP contribution in [0.1, 0.15) is 6.92 Å². The van der Waals surface area contributed by atoms with Crippen molar-refractivity contribution in [3.8, 4) is 0 Å². The molecule has 0 aliphatic carbocycles. The van der Waals surface area contributed by atoms with Gasteiger partial charge in [-0.15, -0.1) is 0 Å². The molecule has 0 aromatic rings. The van der Waals surface area contributed by atoms with Gasteiger partial charge in [0.2, 0.25) is 10.0 Å². The van der Waals surface area contributed by atoms with Crippen LogP contribution in [0.15, 0.2) is 0 Å². The normalized spacial score (nSPS) is 14.9. The highest BCUT2D eigenvalue weighted by atomic mass is 32.2. The fraction of sp³-hybridized carbons (Fsp3) is 0.800. The Bertz CT molecular complexity index is 245. The van der Waals surface area contributed by atoms with E-state index < -0.39 is 15.3 Å². The summed E-state index contributed by atoms with van der Waals surface area (Å²) in [5.74, 6) is 0. The summed E-state index contributed by atoms with van der Waals surface area (Å²) < 4.78 is 23.6. The standard InChI is InChI=1S/C5H12N2O2S2/c1-4(5(6)10)11(8,9)7(2)3/h4H,1-3H3,(H2,6,10). The largest absolute Gasteiger partial charge is 0.392 e. The van der Waals surface area contributed by atoms with Crippen LogP contribution >= 0.6 is 12.2 Å². The maximum atomic E-state index is 11.2. The van der Waals surface area contributed by atoms with Crippen molar-refractivity contribution >= 4 is 27.2 Å². The van der Waals surface area contributed by atoms with Gasteiger partial charge in [-0.1, -0.05) is 12.2 Å². The van der Waals surface area contributed by atoms with Gasteiger partial charge >= 0.3 is 0 Å². The van der Waals surface area contributed by atoms with Gasteiger partial charge < -0.3 is 5.73 Å². The van der Waals surface area contributed by atoms with Gasteiger partial charge in [0.1, 0.15) is 5.25 Å². The fourth-order valence-corrected chi connectivity index (χ4v) is 1.75. The third kappa shape index (κ3) is 2.39. The lowest BCUT2D eigenvalue weighted by Crippen LogP contribution is -2.39. The quantitative estimate of drug-likeness (QED) is 0.621. The summed E-state index contributed by atoms with van der Waals surface area (Å²) in [6.45, 7) is 1.47. The van der Waals surface area contributed by atoms with E-state index in [1.54, 1.807) is 0 Å². The Balaban J connectivity index is 4.72. The van der Waals surface area contributed by atoms with Gasteiger partial charge in [0.15, 0.2) is 0 Å². The summed E-state index contributed by atoms with van der Waals surface area (Å²) in [5, 5.41) is -0.785. The third-order valence-electron chi connectivity index (χ3n) is 1.36. The van der Waals surface area contributed by atoms with Crippen LogP contribution in [-0.4, -0.2) is 37.1 Å². The van der Waals surface area contributed by atoms with E-state index in [1.807, 2.05) is 0 Å². The summed E-state index contributed by atoms with van der Waals surface area (Å²) >= 11 is 4.56. The number of hydrogen-bond donors (Lipinski definition) is 1. The summed E-state index contributed by atoms with van der Waals surface area (Å²) in [4.78, 5) is -0.00120. The van der Waals surface area contributed by atoms with Crippen molar-refractivity contribution in [2.45, 2.75) is 12.2 Å². The highest BCUT2D eigenvalue weighted by molar-refractivity contribution is 7.92. The number of sulfonamides is 1. The van der Waals surface area contributed by atoms with E-state index in [0.29, 0.717) is 0 Å². The number of rotatable bonds is 3. The maximum absolute atomic E-state index is 11.2. The van der Waals surface area contributed by atoms with Gasteiger partial charge in [0, 0.05) is 14.1 Å². The third-order valence-corrected chi connectivity index (χ3v) is 4.02. The Morgan fingerprint density at radius 2 is 1.91 bits per heavy atom. The first-order valence-electron chi connectivity index (χ1n) is 3.00. The lowest BCUT2D eigenvalue weighted by molar-refractivity contribution is 0.517. The van der Waals surface area contributed by atoms with Crippen LogP contribution < -0.4 is 5.73 Å². The molecule has 0 radical (unpaired) electrons. The Kier molecular flexibility index (Phi) is 3.40. The van der Waals surface area contributed by atoms with Crippen molar-refractivity contribution in [3.05, 3.63) is 0 Å². The monoisotopic (exact) mass is 196 g/mol. The van der Waals surface area contributed by atoms with Crippen molar-refractivity contribution in [2.24, 2.45) is 5.73 Å². The molecule has 0 saturated carbocycles. The number of hydrogen-bond acceptors (Lipinski definition) is 3. The molecule has 2 N–H and O–H groups in total. The highest BCUT2D eigenvalue weighted by Crippen LogP contribution is 2.03. The second-order valence-corrected chi connectivity index (χ2v) is 5.31. The molecule has 0 fully saturated rings. The minimum atomic E-state index is -3.31. The minimum absolute atomic E-state index is 0.00120. The molecular weight excluding hydrogens is 184 g/mol. The van der Waals surface area contributed by atoms with E-state index in [1.165, 1.54) is 21.0 Å². The Labute approximate surface area is 72.4 Å². The molecule has 0 bridgehead atoms. The molecule has 0 aromatic heterocycles. The molecule has 11 heavy (non-hydrogen) atoms. The number of nitrogens with zero attached hydrogens (tertiary/aromatic N) is 1. The maximum Gasteiger partial charge on any atom is 0.222 e. The molecule has 0 saturated heterocycles. The zero-order valence-electron chi connectivity index (χ0n) is 6.73.